The molecule has 0 radical (unpaired) electrons. The summed E-state index contributed by atoms with van der Waals surface area (Å²) in [5.41, 5.74) is 3.46. The zero-order valence-corrected chi connectivity index (χ0v) is 19.7. The molecule has 0 spiro atoms. The van der Waals surface area contributed by atoms with Crippen molar-refractivity contribution in [3.8, 4) is 0 Å². The minimum Gasteiger partial charge on any atom is -0.353 e. The molecule has 11 heteroatoms. The third-order valence-corrected chi connectivity index (χ3v) is 5.78. The monoisotopic (exact) mass is 475 g/mol. The topological polar surface area (TPSA) is 131 Å². The van der Waals surface area contributed by atoms with Crippen LogP contribution in [0.4, 0.5) is 23.0 Å². The van der Waals surface area contributed by atoms with E-state index in [9.17, 15) is 20.2 Å². The molecule has 2 aromatic carbocycles. The van der Waals surface area contributed by atoms with Crippen molar-refractivity contribution in [3.63, 3.8) is 0 Å². The standard InChI is InChI=1S/C24H25N7O4/c1-16-7-8-21(31(34)35)15-22(16)27-23(19-5-4-6-20(14-19)30(32)33)28-9-11-29(12-10-28)24-25-17(2)13-18(3)26-24/h4-8,13-15H,9-12H2,1-3H3. The minimum atomic E-state index is -0.464. The van der Waals surface area contributed by atoms with Gasteiger partial charge in [0.2, 0.25) is 5.95 Å². The van der Waals surface area contributed by atoms with E-state index in [1.165, 1.54) is 24.3 Å². The number of aryl methyl sites for hydroxylation is 3. The van der Waals surface area contributed by atoms with E-state index in [2.05, 4.69) is 14.9 Å². The maximum absolute atomic E-state index is 11.4. The van der Waals surface area contributed by atoms with Gasteiger partial charge in [-0.15, -0.1) is 0 Å². The lowest BCUT2D eigenvalue weighted by molar-refractivity contribution is -0.385. The van der Waals surface area contributed by atoms with Crippen molar-refractivity contribution in [2.45, 2.75) is 20.8 Å². The number of aromatic nitrogens is 2. The first kappa shape index (κ1) is 23.7. The molecule has 4 rings (SSSR count). The Bertz CT molecular complexity index is 1300. The molecule has 0 atom stereocenters. The van der Waals surface area contributed by atoms with Crippen LogP contribution in [0.3, 0.4) is 0 Å². The van der Waals surface area contributed by atoms with E-state index in [4.69, 9.17) is 4.99 Å². The molecule has 1 saturated heterocycles. The second-order valence-corrected chi connectivity index (χ2v) is 8.40. The van der Waals surface area contributed by atoms with Gasteiger partial charge in [-0.25, -0.2) is 15.0 Å². The minimum absolute atomic E-state index is 0.0479. The maximum Gasteiger partial charge on any atom is 0.271 e. The fraction of sp³-hybridized carbons (Fsp3) is 0.292. The summed E-state index contributed by atoms with van der Waals surface area (Å²) in [5, 5.41) is 22.7. The number of nitrogens with zero attached hydrogens (tertiary/aromatic N) is 7. The number of nitro groups is 2. The molecule has 35 heavy (non-hydrogen) atoms. The van der Waals surface area contributed by atoms with Gasteiger partial charge in [-0.2, -0.15) is 0 Å². The molecule has 0 N–H and O–H groups in total. The number of anilines is 1. The molecule has 0 saturated carbocycles. The highest BCUT2D eigenvalue weighted by Gasteiger charge is 2.24. The van der Waals surface area contributed by atoms with Gasteiger partial charge in [-0.05, 0) is 32.4 Å². The lowest BCUT2D eigenvalue weighted by atomic mass is 10.1. The molecule has 180 valence electrons. The van der Waals surface area contributed by atoms with Crippen LogP contribution in [0.2, 0.25) is 0 Å². The van der Waals surface area contributed by atoms with Crippen LogP contribution in [0.1, 0.15) is 22.5 Å². The first-order valence-corrected chi connectivity index (χ1v) is 11.1. The summed E-state index contributed by atoms with van der Waals surface area (Å²) >= 11 is 0. The highest BCUT2D eigenvalue weighted by molar-refractivity contribution is 6.01. The van der Waals surface area contributed by atoms with Crippen molar-refractivity contribution in [3.05, 3.63) is 91.3 Å². The summed E-state index contributed by atoms with van der Waals surface area (Å²) in [6, 6.07) is 12.7. The average molecular weight is 476 g/mol. The number of benzene rings is 2. The zero-order valence-electron chi connectivity index (χ0n) is 19.7. The van der Waals surface area contributed by atoms with Crippen molar-refractivity contribution in [1.29, 1.82) is 0 Å². The number of piperazine rings is 1. The number of hydrogen-bond donors (Lipinski definition) is 0. The Labute approximate surface area is 202 Å². The van der Waals surface area contributed by atoms with Gasteiger partial charge in [-0.3, -0.25) is 20.2 Å². The van der Waals surface area contributed by atoms with Gasteiger partial charge in [-0.1, -0.05) is 18.2 Å². The summed E-state index contributed by atoms with van der Waals surface area (Å²) in [4.78, 5) is 39.8. The predicted molar refractivity (Wildman–Crippen MR) is 132 cm³/mol. The third kappa shape index (κ3) is 5.40. The van der Waals surface area contributed by atoms with Crippen molar-refractivity contribution < 1.29 is 9.85 Å². The smallest absolute Gasteiger partial charge is 0.271 e. The number of non-ortho nitro benzene ring substituents is 2. The van der Waals surface area contributed by atoms with Crippen LogP contribution in [0.25, 0.3) is 0 Å². The van der Waals surface area contributed by atoms with Crippen molar-refractivity contribution in [1.82, 2.24) is 14.9 Å². The molecule has 0 bridgehead atoms. The van der Waals surface area contributed by atoms with E-state index in [1.807, 2.05) is 31.7 Å². The molecular formula is C24H25N7O4. The number of rotatable bonds is 5. The Kier molecular flexibility index (Phi) is 6.67. The maximum atomic E-state index is 11.4. The van der Waals surface area contributed by atoms with Gasteiger partial charge in [0, 0.05) is 67.4 Å². The van der Waals surface area contributed by atoms with Gasteiger partial charge in [0.25, 0.3) is 11.4 Å². The highest BCUT2D eigenvalue weighted by atomic mass is 16.6. The van der Waals surface area contributed by atoms with E-state index in [1.54, 1.807) is 18.2 Å². The van der Waals surface area contributed by atoms with Crippen molar-refractivity contribution in [2.75, 3.05) is 31.1 Å². The van der Waals surface area contributed by atoms with Crippen LogP contribution in [0.15, 0.2) is 53.5 Å². The summed E-state index contributed by atoms with van der Waals surface area (Å²) in [5.74, 6) is 1.20. The van der Waals surface area contributed by atoms with Crippen molar-refractivity contribution >= 4 is 28.8 Å². The van der Waals surface area contributed by atoms with Crippen molar-refractivity contribution in [2.24, 2.45) is 4.99 Å². The Morgan fingerprint density at radius 3 is 2.11 bits per heavy atom. The molecular weight excluding hydrogens is 450 g/mol. The number of amidine groups is 1. The Morgan fingerprint density at radius 2 is 1.49 bits per heavy atom. The van der Waals surface area contributed by atoms with Crippen LogP contribution in [0.5, 0.6) is 0 Å². The Morgan fingerprint density at radius 1 is 0.857 bits per heavy atom. The number of nitro benzene ring substituents is 2. The molecule has 1 aliphatic heterocycles. The van der Waals surface area contributed by atoms with E-state index < -0.39 is 9.85 Å². The molecule has 0 unspecified atom stereocenters. The third-order valence-electron chi connectivity index (χ3n) is 5.78. The predicted octanol–water partition coefficient (Wildman–Crippen LogP) is 4.12. The van der Waals surface area contributed by atoms with Crippen LogP contribution in [-0.2, 0) is 0 Å². The van der Waals surface area contributed by atoms with Crippen LogP contribution in [0, 0.1) is 41.0 Å². The summed E-state index contributed by atoms with van der Waals surface area (Å²) in [6.45, 7) is 8.10. The normalized spacial score (nSPS) is 14.2. The molecule has 3 aromatic rings. The SMILES string of the molecule is Cc1cc(C)nc(N2CCN(C(=Nc3cc([N+](=O)[O-])ccc3C)c3cccc([N+](=O)[O-])c3)CC2)n1. The molecule has 11 nitrogen and oxygen atoms in total. The second kappa shape index (κ2) is 9.84. The molecule has 1 aliphatic rings. The van der Waals surface area contributed by atoms with Crippen LogP contribution < -0.4 is 4.90 Å². The van der Waals surface area contributed by atoms with Gasteiger partial charge >= 0.3 is 0 Å². The lowest BCUT2D eigenvalue weighted by Crippen LogP contribution is -2.49. The summed E-state index contributed by atoms with van der Waals surface area (Å²) < 4.78 is 0. The first-order chi connectivity index (χ1) is 16.7. The van der Waals surface area contributed by atoms with Gasteiger partial charge in [0.15, 0.2) is 0 Å². The van der Waals surface area contributed by atoms with Crippen LogP contribution >= 0.6 is 0 Å². The summed E-state index contributed by atoms with van der Waals surface area (Å²) in [6.07, 6.45) is 0. The quantitative estimate of drug-likeness (QED) is 0.233. The molecule has 0 aliphatic carbocycles. The first-order valence-electron chi connectivity index (χ1n) is 11.1. The van der Waals surface area contributed by atoms with E-state index in [0.29, 0.717) is 49.2 Å². The number of aliphatic imine (C=N–C) groups is 1. The molecule has 1 fully saturated rings. The fourth-order valence-electron chi connectivity index (χ4n) is 3.99. The van der Waals surface area contributed by atoms with Gasteiger partial charge < -0.3 is 9.80 Å². The Balaban J connectivity index is 1.70. The Hall–Kier alpha value is -4.41. The zero-order chi connectivity index (χ0) is 25.1. The fourth-order valence-corrected chi connectivity index (χ4v) is 3.99. The largest absolute Gasteiger partial charge is 0.353 e. The van der Waals surface area contributed by atoms with Crippen LogP contribution in [-0.4, -0.2) is 56.7 Å². The second-order valence-electron chi connectivity index (χ2n) is 8.40. The molecule has 0 amide bonds. The average Bonchev–Trinajstić information content (AvgIpc) is 2.83. The van der Waals surface area contributed by atoms with Gasteiger partial charge in [0.1, 0.15) is 5.84 Å². The van der Waals surface area contributed by atoms with Gasteiger partial charge in [0.05, 0.1) is 15.5 Å². The number of hydrogen-bond acceptors (Lipinski definition) is 8. The molecule has 2 heterocycles. The molecule has 1 aromatic heterocycles. The summed E-state index contributed by atoms with van der Waals surface area (Å²) in [7, 11) is 0. The lowest BCUT2D eigenvalue weighted by Gasteiger charge is -2.36. The van der Waals surface area contributed by atoms with E-state index >= 15 is 0 Å². The van der Waals surface area contributed by atoms with E-state index in [0.717, 1.165) is 17.0 Å². The van der Waals surface area contributed by atoms with E-state index in [-0.39, 0.29) is 11.4 Å². The highest BCUT2D eigenvalue weighted by Crippen LogP contribution is 2.27.